The molecule has 2 aromatic rings. The average Bonchev–Trinajstić information content (AvgIpc) is 2.29. The second kappa shape index (κ2) is 3.99. The molecule has 0 aliphatic heterocycles. The summed E-state index contributed by atoms with van der Waals surface area (Å²) in [5.74, 6) is 0. The van der Waals surface area contributed by atoms with Crippen LogP contribution in [0.1, 0.15) is 0 Å². The van der Waals surface area contributed by atoms with Crippen LogP contribution in [0, 0.1) is 0 Å². The Labute approximate surface area is 92.6 Å². The van der Waals surface area contributed by atoms with Crippen LogP contribution in [0.3, 0.4) is 0 Å². The summed E-state index contributed by atoms with van der Waals surface area (Å²) in [7, 11) is -4.36. The Morgan fingerprint density at radius 2 is 1.62 bits per heavy atom. The molecule has 0 radical (unpaired) electrons. The minimum atomic E-state index is -4.36. The SMILES string of the molecule is O=S(=O)(O)c1nccnc1-c1ccccc1. The third-order valence-electron chi connectivity index (χ3n) is 1.96. The summed E-state index contributed by atoms with van der Waals surface area (Å²) in [4.78, 5) is 7.54. The van der Waals surface area contributed by atoms with Gasteiger partial charge in [0.05, 0.1) is 0 Å². The predicted octanol–water partition coefficient (Wildman–Crippen LogP) is 1.39. The van der Waals surface area contributed by atoms with E-state index in [0.29, 0.717) is 5.56 Å². The van der Waals surface area contributed by atoms with Crippen LogP contribution in [0.2, 0.25) is 0 Å². The molecule has 0 saturated heterocycles. The Bertz CT molecular complexity index is 596. The van der Waals surface area contributed by atoms with Crippen molar-refractivity contribution in [3.05, 3.63) is 42.7 Å². The van der Waals surface area contributed by atoms with Gasteiger partial charge < -0.3 is 0 Å². The summed E-state index contributed by atoms with van der Waals surface area (Å²) in [6.07, 6.45) is 2.59. The molecular formula is C10H8N2O3S. The lowest BCUT2D eigenvalue weighted by molar-refractivity contribution is 0.479. The van der Waals surface area contributed by atoms with Gasteiger partial charge in [-0.3, -0.25) is 9.54 Å². The minimum Gasteiger partial charge on any atom is -0.281 e. The van der Waals surface area contributed by atoms with Gasteiger partial charge in [-0.15, -0.1) is 0 Å². The molecule has 6 heteroatoms. The quantitative estimate of drug-likeness (QED) is 0.797. The zero-order chi connectivity index (χ0) is 11.6. The first-order valence-corrected chi connectivity index (χ1v) is 5.87. The fraction of sp³-hybridized carbons (Fsp3) is 0. The summed E-state index contributed by atoms with van der Waals surface area (Å²) in [5.41, 5.74) is 0.730. The molecule has 0 amide bonds. The number of benzene rings is 1. The van der Waals surface area contributed by atoms with Gasteiger partial charge in [0.2, 0.25) is 5.03 Å². The van der Waals surface area contributed by atoms with Crippen molar-refractivity contribution < 1.29 is 13.0 Å². The van der Waals surface area contributed by atoms with Gasteiger partial charge in [0, 0.05) is 18.0 Å². The molecule has 0 fully saturated rings. The van der Waals surface area contributed by atoms with E-state index in [9.17, 15) is 8.42 Å². The van der Waals surface area contributed by atoms with Gasteiger partial charge in [0.25, 0.3) is 0 Å². The Morgan fingerprint density at radius 1 is 1.00 bits per heavy atom. The first-order valence-electron chi connectivity index (χ1n) is 4.43. The number of hydrogen-bond donors (Lipinski definition) is 1. The van der Waals surface area contributed by atoms with Crippen molar-refractivity contribution >= 4 is 10.1 Å². The number of rotatable bonds is 2. The molecule has 0 unspecified atom stereocenters. The maximum absolute atomic E-state index is 11.1. The number of hydrogen-bond acceptors (Lipinski definition) is 4. The van der Waals surface area contributed by atoms with Crippen molar-refractivity contribution in [1.82, 2.24) is 9.97 Å². The van der Waals surface area contributed by atoms with Crippen LogP contribution >= 0.6 is 0 Å². The molecule has 1 aromatic carbocycles. The van der Waals surface area contributed by atoms with Crippen LogP contribution in [-0.2, 0) is 10.1 Å². The molecule has 0 spiro atoms. The minimum absolute atomic E-state index is 0.144. The van der Waals surface area contributed by atoms with Crippen LogP contribution in [0.15, 0.2) is 47.8 Å². The fourth-order valence-electron chi connectivity index (χ4n) is 1.31. The molecule has 0 bridgehead atoms. The van der Waals surface area contributed by atoms with Crippen molar-refractivity contribution in [1.29, 1.82) is 0 Å². The summed E-state index contributed by atoms with van der Waals surface area (Å²) < 4.78 is 31.2. The molecule has 82 valence electrons. The van der Waals surface area contributed by atoms with Crippen LogP contribution in [0.25, 0.3) is 11.3 Å². The van der Waals surface area contributed by atoms with E-state index in [-0.39, 0.29) is 5.69 Å². The molecule has 5 nitrogen and oxygen atoms in total. The van der Waals surface area contributed by atoms with Crippen molar-refractivity contribution in [3.63, 3.8) is 0 Å². The molecule has 0 aliphatic rings. The van der Waals surface area contributed by atoms with Crippen LogP contribution < -0.4 is 0 Å². The van der Waals surface area contributed by atoms with E-state index < -0.39 is 15.1 Å². The topological polar surface area (TPSA) is 80.2 Å². The van der Waals surface area contributed by atoms with Crippen molar-refractivity contribution in [2.45, 2.75) is 5.03 Å². The van der Waals surface area contributed by atoms with Crippen LogP contribution in [-0.4, -0.2) is 22.9 Å². The highest BCUT2D eigenvalue weighted by atomic mass is 32.2. The van der Waals surface area contributed by atoms with E-state index in [2.05, 4.69) is 9.97 Å². The van der Waals surface area contributed by atoms with E-state index in [4.69, 9.17) is 4.55 Å². The monoisotopic (exact) mass is 236 g/mol. The molecule has 2 rings (SSSR count). The van der Waals surface area contributed by atoms with E-state index in [1.165, 1.54) is 12.4 Å². The first kappa shape index (κ1) is 10.7. The van der Waals surface area contributed by atoms with Gasteiger partial charge in [0.1, 0.15) is 5.69 Å². The lowest BCUT2D eigenvalue weighted by Crippen LogP contribution is -2.05. The molecule has 0 aliphatic carbocycles. The third-order valence-corrected chi connectivity index (χ3v) is 2.74. The standard InChI is InChI=1S/C10H8N2O3S/c13-16(14,15)10-9(11-6-7-12-10)8-4-2-1-3-5-8/h1-7H,(H,13,14,15). The number of nitrogens with zero attached hydrogens (tertiary/aromatic N) is 2. The molecule has 16 heavy (non-hydrogen) atoms. The highest BCUT2D eigenvalue weighted by Gasteiger charge is 2.18. The average molecular weight is 236 g/mol. The largest absolute Gasteiger partial charge is 0.314 e. The molecule has 1 aromatic heterocycles. The molecule has 1 N–H and O–H groups in total. The maximum Gasteiger partial charge on any atom is 0.314 e. The van der Waals surface area contributed by atoms with Gasteiger partial charge in [-0.25, -0.2) is 4.98 Å². The van der Waals surface area contributed by atoms with Gasteiger partial charge in [0.15, 0.2) is 0 Å². The molecular weight excluding hydrogens is 228 g/mol. The third kappa shape index (κ3) is 2.07. The first-order chi connectivity index (χ1) is 7.59. The van der Waals surface area contributed by atoms with Gasteiger partial charge in [-0.1, -0.05) is 30.3 Å². The van der Waals surface area contributed by atoms with Gasteiger partial charge in [-0.05, 0) is 0 Å². The summed E-state index contributed by atoms with van der Waals surface area (Å²) in [6, 6.07) is 8.68. The Morgan fingerprint density at radius 3 is 2.25 bits per heavy atom. The Kier molecular flexibility index (Phi) is 2.67. The Hall–Kier alpha value is -1.79. The van der Waals surface area contributed by atoms with Crippen molar-refractivity contribution in [2.24, 2.45) is 0 Å². The van der Waals surface area contributed by atoms with Gasteiger partial charge in [-0.2, -0.15) is 8.42 Å². The normalized spacial score (nSPS) is 11.3. The second-order valence-corrected chi connectivity index (χ2v) is 4.39. The lowest BCUT2D eigenvalue weighted by Gasteiger charge is -2.03. The Balaban J connectivity index is 2.68. The molecule has 0 atom stereocenters. The van der Waals surface area contributed by atoms with Crippen LogP contribution in [0.4, 0.5) is 0 Å². The lowest BCUT2D eigenvalue weighted by atomic mass is 10.2. The summed E-state index contributed by atoms with van der Waals surface area (Å²) >= 11 is 0. The second-order valence-electron chi connectivity index (χ2n) is 3.05. The number of aromatic nitrogens is 2. The van der Waals surface area contributed by atoms with E-state index in [1.807, 2.05) is 0 Å². The molecule has 1 heterocycles. The highest BCUT2D eigenvalue weighted by molar-refractivity contribution is 7.85. The zero-order valence-corrected chi connectivity index (χ0v) is 8.92. The van der Waals surface area contributed by atoms with Crippen molar-refractivity contribution in [2.75, 3.05) is 0 Å². The van der Waals surface area contributed by atoms with E-state index >= 15 is 0 Å². The zero-order valence-electron chi connectivity index (χ0n) is 8.11. The van der Waals surface area contributed by atoms with E-state index in [0.717, 1.165) is 0 Å². The van der Waals surface area contributed by atoms with Crippen LogP contribution in [0.5, 0.6) is 0 Å². The maximum atomic E-state index is 11.1. The highest BCUT2D eigenvalue weighted by Crippen LogP contribution is 2.22. The molecule has 0 saturated carbocycles. The predicted molar refractivity (Wildman–Crippen MR) is 57.3 cm³/mol. The fourth-order valence-corrected chi connectivity index (χ4v) is 1.92. The smallest absolute Gasteiger partial charge is 0.281 e. The summed E-state index contributed by atoms with van der Waals surface area (Å²) in [5, 5.41) is -0.429. The van der Waals surface area contributed by atoms with Crippen molar-refractivity contribution in [3.8, 4) is 11.3 Å². The summed E-state index contributed by atoms with van der Waals surface area (Å²) in [6.45, 7) is 0. The van der Waals surface area contributed by atoms with Gasteiger partial charge >= 0.3 is 10.1 Å². The van der Waals surface area contributed by atoms with E-state index in [1.54, 1.807) is 30.3 Å².